The lowest BCUT2D eigenvalue weighted by Gasteiger charge is -2.34. The SMILES string of the molecule is CCCOc1cc2c(cc1OC)C(=O)N1C=C(c3ccc(N4CCN(C)CC4)cc3)CC1C=N2. The minimum absolute atomic E-state index is 0.0677. The summed E-state index contributed by atoms with van der Waals surface area (Å²) in [6.45, 7) is 6.91. The van der Waals surface area contributed by atoms with Crippen molar-refractivity contribution in [3.63, 3.8) is 0 Å². The van der Waals surface area contributed by atoms with Gasteiger partial charge in [-0.1, -0.05) is 19.1 Å². The number of rotatable bonds is 6. The zero-order valence-electron chi connectivity index (χ0n) is 20.2. The Morgan fingerprint density at radius 3 is 2.53 bits per heavy atom. The molecule has 7 nitrogen and oxygen atoms in total. The van der Waals surface area contributed by atoms with Gasteiger partial charge in [-0.05, 0) is 42.8 Å². The molecular weight excluding hydrogens is 428 g/mol. The third-order valence-corrected chi connectivity index (χ3v) is 6.78. The van der Waals surface area contributed by atoms with Crippen molar-refractivity contribution in [1.82, 2.24) is 9.80 Å². The molecule has 34 heavy (non-hydrogen) atoms. The number of hydrogen-bond acceptors (Lipinski definition) is 6. The van der Waals surface area contributed by atoms with Crippen molar-refractivity contribution in [3.05, 3.63) is 53.7 Å². The van der Waals surface area contributed by atoms with E-state index in [9.17, 15) is 4.79 Å². The molecule has 7 heteroatoms. The average molecular weight is 461 g/mol. The Hall–Kier alpha value is -3.32. The number of ether oxygens (including phenoxy) is 2. The summed E-state index contributed by atoms with van der Waals surface area (Å²) in [6, 6.07) is 12.2. The Kier molecular flexibility index (Phi) is 6.28. The fourth-order valence-corrected chi connectivity index (χ4v) is 4.73. The van der Waals surface area contributed by atoms with Gasteiger partial charge in [-0.2, -0.15) is 0 Å². The summed E-state index contributed by atoms with van der Waals surface area (Å²) in [6.07, 6.45) is 5.49. The second-order valence-corrected chi connectivity index (χ2v) is 9.12. The predicted molar refractivity (Wildman–Crippen MR) is 136 cm³/mol. The van der Waals surface area contributed by atoms with Crippen LogP contribution < -0.4 is 14.4 Å². The topological polar surface area (TPSA) is 57.6 Å². The predicted octanol–water partition coefficient (Wildman–Crippen LogP) is 4.21. The molecule has 0 aliphatic carbocycles. The number of nitrogens with zero attached hydrogens (tertiary/aromatic N) is 4. The summed E-state index contributed by atoms with van der Waals surface area (Å²) in [7, 11) is 3.76. The molecule has 2 aromatic rings. The summed E-state index contributed by atoms with van der Waals surface area (Å²) in [5, 5.41) is 0. The van der Waals surface area contributed by atoms with Crippen LogP contribution in [0.1, 0.15) is 35.7 Å². The molecule has 178 valence electrons. The number of fused-ring (bicyclic) bond motifs is 2. The van der Waals surface area contributed by atoms with E-state index in [1.807, 2.05) is 18.5 Å². The molecule has 3 aliphatic heterocycles. The lowest BCUT2D eigenvalue weighted by molar-refractivity contribution is 0.0817. The van der Waals surface area contributed by atoms with Crippen LogP contribution in [-0.2, 0) is 0 Å². The standard InChI is InChI=1S/C27H32N4O3/c1-4-13-34-26-16-24-23(15-25(26)33-3)27(32)31-18-20(14-22(31)17-28-24)19-5-7-21(8-6-19)30-11-9-29(2)10-12-30/h5-8,15-18,22H,4,9-14H2,1-3H3. The highest BCUT2D eigenvalue weighted by molar-refractivity contribution is 6.05. The quantitative estimate of drug-likeness (QED) is 0.647. The number of carbonyl (C=O) groups is 1. The van der Waals surface area contributed by atoms with E-state index in [1.54, 1.807) is 18.1 Å². The summed E-state index contributed by atoms with van der Waals surface area (Å²) in [5.41, 5.74) is 4.70. The molecule has 5 rings (SSSR count). The Balaban J connectivity index is 1.37. The van der Waals surface area contributed by atoms with E-state index in [0.717, 1.165) is 50.2 Å². The first-order valence-electron chi connectivity index (χ1n) is 12.0. The van der Waals surface area contributed by atoms with Crippen LogP contribution >= 0.6 is 0 Å². The van der Waals surface area contributed by atoms with Gasteiger partial charge in [-0.25, -0.2) is 0 Å². The van der Waals surface area contributed by atoms with Crippen LogP contribution in [0, 0.1) is 0 Å². The Morgan fingerprint density at radius 2 is 1.82 bits per heavy atom. The maximum Gasteiger partial charge on any atom is 0.260 e. The second-order valence-electron chi connectivity index (χ2n) is 9.12. The molecule has 2 aromatic carbocycles. The molecule has 1 amide bonds. The van der Waals surface area contributed by atoms with Gasteiger partial charge in [-0.3, -0.25) is 9.79 Å². The van der Waals surface area contributed by atoms with E-state index >= 15 is 0 Å². The Bertz CT molecular complexity index is 1120. The number of piperazine rings is 1. The van der Waals surface area contributed by atoms with E-state index in [0.29, 0.717) is 29.4 Å². The number of likely N-dealkylation sites (N-methyl/N-ethyl adjacent to an activating group) is 1. The summed E-state index contributed by atoms with van der Waals surface area (Å²) < 4.78 is 11.3. The van der Waals surface area contributed by atoms with Crippen LogP contribution in [0.15, 0.2) is 47.6 Å². The van der Waals surface area contributed by atoms with Crippen molar-refractivity contribution in [2.75, 3.05) is 51.8 Å². The molecule has 0 bridgehead atoms. The molecule has 0 spiro atoms. The van der Waals surface area contributed by atoms with E-state index in [-0.39, 0.29) is 11.9 Å². The molecule has 1 atom stereocenters. The van der Waals surface area contributed by atoms with Gasteiger partial charge in [0.05, 0.1) is 31.0 Å². The first-order chi connectivity index (χ1) is 16.6. The summed E-state index contributed by atoms with van der Waals surface area (Å²) in [4.78, 5) is 24.7. The first-order valence-corrected chi connectivity index (χ1v) is 12.0. The van der Waals surface area contributed by atoms with Gasteiger partial charge in [0.1, 0.15) is 0 Å². The third kappa shape index (κ3) is 4.28. The molecule has 3 aliphatic rings. The number of amides is 1. The molecule has 3 heterocycles. The summed E-state index contributed by atoms with van der Waals surface area (Å²) in [5.74, 6) is 1.10. The highest BCUT2D eigenvalue weighted by atomic mass is 16.5. The normalized spacial score (nSPS) is 20.0. The molecule has 1 saturated heterocycles. The molecule has 0 aromatic heterocycles. The molecule has 1 fully saturated rings. The van der Waals surface area contributed by atoms with Crippen molar-refractivity contribution >= 4 is 29.1 Å². The van der Waals surface area contributed by atoms with Gasteiger partial charge >= 0.3 is 0 Å². The molecule has 1 unspecified atom stereocenters. The van der Waals surface area contributed by atoms with E-state index in [2.05, 4.69) is 53.0 Å². The van der Waals surface area contributed by atoms with Crippen LogP contribution in [0.2, 0.25) is 0 Å². The van der Waals surface area contributed by atoms with Crippen LogP contribution in [0.25, 0.3) is 5.57 Å². The molecular formula is C27H32N4O3. The molecule has 0 radical (unpaired) electrons. The smallest absolute Gasteiger partial charge is 0.260 e. The van der Waals surface area contributed by atoms with Crippen LogP contribution in [0.4, 0.5) is 11.4 Å². The number of carbonyl (C=O) groups excluding carboxylic acids is 1. The monoisotopic (exact) mass is 460 g/mol. The van der Waals surface area contributed by atoms with Crippen LogP contribution in [0.5, 0.6) is 11.5 Å². The van der Waals surface area contributed by atoms with Crippen molar-refractivity contribution < 1.29 is 14.3 Å². The fourth-order valence-electron chi connectivity index (χ4n) is 4.73. The highest BCUT2D eigenvalue weighted by Crippen LogP contribution is 2.40. The highest BCUT2D eigenvalue weighted by Gasteiger charge is 2.33. The van der Waals surface area contributed by atoms with Gasteiger partial charge in [-0.15, -0.1) is 0 Å². The minimum atomic E-state index is -0.0989. The van der Waals surface area contributed by atoms with Gasteiger partial charge in [0.25, 0.3) is 5.91 Å². The number of hydrogen-bond donors (Lipinski definition) is 0. The maximum atomic E-state index is 13.5. The third-order valence-electron chi connectivity index (χ3n) is 6.78. The van der Waals surface area contributed by atoms with E-state index in [1.165, 1.54) is 5.69 Å². The fraction of sp³-hybridized carbons (Fsp3) is 0.407. The molecule has 0 N–H and O–H groups in total. The zero-order chi connectivity index (χ0) is 23.7. The van der Waals surface area contributed by atoms with Crippen molar-refractivity contribution in [2.24, 2.45) is 4.99 Å². The number of methoxy groups -OCH3 is 1. The first kappa shape index (κ1) is 22.5. The lowest BCUT2D eigenvalue weighted by Crippen LogP contribution is -2.44. The van der Waals surface area contributed by atoms with Crippen molar-refractivity contribution in [1.29, 1.82) is 0 Å². The van der Waals surface area contributed by atoms with E-state index < -0.39 is 0 Å². The zero-order valence-corrected chi connectivity index (χ0v) is 20.2. The largest absolute Gasteiger partial charge is 0.493 e. The molecule has 0 saturated carbocycles. The maximum absolute atomic E-state index is 13.5. The van der Waals surface area contributed by atoms with Crippen molar-refractivity contribution in [3.8, 4) is 11.5 Å². The van der Waals surface area contributed by atoms with Crippen LogP contribution in [0.3, 0.4) is 0 Å². The number of anilines is 1. The van der Waals surface area contributed by atoms with Gasteiger partial charge < -0.3 is 24.2 Å². The minimum Gasteiger partial charge on any atom is -0.493 e. The number of aliphatic imine (C=N–C) groups is 1. The average Bonchev–Trinajstić information content (AvgIpc) is 3.25. The Labute approximate surface area is 201 Å². The Morgan fingerprint density at radius 1 is 1.06 bits per heavy atom. The lowest BCUT2D eigenvalue weighted by atomic mass is 10.0. The van der Waals surface area contributed by atoms with Gasteiger partial charge in [0.15, 0.2) is 11.5 Å². The van der Waals surface area contributed by atoms with E-state index in [4.69, 9.17) is 9.47 Å². The second kappa shape index (κ2) is 9.50. The van der Waals surface area contributed by atoms with Gasteiger partial charge in [0, 0.05) is 56.8 Å². The summed E-state index contributed by atoms with van der Waals surface area (Å²) >= 11 is 0. The van der Waals surface area contributed by atoms with Crippen LogP contribution in [-0.4, -0.2) is 74.9 Å². The van der Waals surface area contributed by atoms with Gasteiger partial charge in [0.2, 0.25) is 0 Å². The van der Waals surface area contributed by atoms with Crippen molar-refractivity contribution in [2.45, 2.75) is 25.8 Å². The number of benzene rings is 2.